The summed E-state index contributed by atoms with van der Waals surface area (Å²) in [5, 5.41) is 17.2. The van der Waals surface area contributed by atoms with Crippen molar-refractivity contribution in [2.75, 3.05) is 13.1 Å². The highest BCUT2D eigenvalue weighted by Gasteiger charge is 2.19. The maximum absolute atomic E-state index is 12.1. The number of carbonyl (C=O) groups excluding carboxylic acids is 3. The lowest BCUT2D eigenvalue weighted by Crippen LogP contribution is -2.40. The van der Waals surface area contributed by atoms with Gasteiger partial charge >= 0.3 is 18.2 Å². The first kappa shape index (κ1) is 29.7. The zero-order valence-corrected chi connectivity index (χ0v) is 20.9. The second kappa shape index (κ2) is 16.3. The Morgan fingerprint density at radius 2 is 1.51 bits per heavy atom. The quantitative estimate of drug-likeness (QED) is 0.273. The van der Waals surface area contributed by atoms with Crippen molar-refractivity contribution in [2.24, 2.45) is 0 Å². The number of unbranched alkanes of at least 4 members (excludes halogenated alkanes) is 3. The van der Waals surface area contributed by atoms with Gasteiger partial charge in [-0.25, -0.2) is 14.4 Å². The van der Waals surface area contributed by atoms with Gasteiger partial charge in [0.1, 0.15) is 18.2 Å². The summed E-state index contributed by atoms with van der Waals surface area (Å²) < 4.78 is 10.2. The number of amides is 3. The number of rotatable bonds is 15. The summed E-state index contributed by atoms with van der Waals surface area (Å²) >= 11 is 0. The Morgan fingerprint density at radius 3 is 2.14 bits per heavy atom. The van der Waals surface area contributed by atoms with E-state index in [-0.39, 0.29) is 25.4 Å². The smallest absolute Gasteiger partial charge is 0.407 e. The number of carboxylic acids is 1. The second-order valence-corrected chi connectivity index (χ2v) is 9.18. The lowest BCUT2D eigenvalue weighted by molar-refractivity contribution is -0.142. The van der Waals surface area contributed by atoms with Gasteiger partial charge in [-0.3, -0.25) is 4.79 Å². The molecule has 0 aliphatic rings. The maximum Gasteiger partial charge on any atom is 0.407 e. The molecule has 3 amide bonds. The Morgan fingerprint density at radius 1 is 0.886 bits per heavy atom. The van der Waals surface area contributed by atoms with E-state index in [4.69, 9.17) is 9.47 Å². The molecule has 10 nitrogen and oxygen atoms in total. The fraction of sp³-hybridized carbons (Fsp3) is 0.600. The predicted octanol–water partition coefficient (Wildman–Crippen LogP) is 3.74. The average Bonchev–Trinajstić information content (AvgIpc) is 2.78. The highest BCUT2D eigenvalue weighted by Crippen LogP contribution is 2.07. The minimum absolute atomic E-state index is 0.181. The van der Waals surface area contributed by atoms with Crippen LogP contribution in [0.4, 0.5) is 9.59 Å². The highest BCUT2D eigenvalue weighted by atomic mass is 16.6. The molecule has 0 saturated carbocycles. The first-order valence-electron chi connectivity index (χ1n) is 12.0. The molecule has 0 aliphatic carbocycles. The van der Waals surface area contributed by atoms with Crippen LogP contribution in [0.15, 0.2) is 30.3 Å². The molecule has 0 heterocycles. The summed E-state index contributed by atoms with van der Waals surface area (Å²) in [5.74, 6) is -1.41. The SMILES string of the molecule is CC(C)(C)OC(=O)NCCCCCC(=O)NC(CCCCNC(=O)OCc1ccccc1)C(=O)O. The van der Waals surface area contributed by atoms with Crippen LogP contribution in [-0.2, 0) is 25.7 Å². The van der Waals surface area contributed by atoms with E-state index in [9.17, 15) is 24.3 Å². The first-order valence-corrected chi connectivity index (χ1v) is 12.0. The van der Waals surface area contributed by atoms with Crippen molar-refractivity contribution in [3.63, 3.8) is 0 Å². The van der Waals surface area contributed by atoms with Crippen molar-refractivity contribution in [1.29, 1.82) is 0 Å². The molecule has 0 bridgehead atoms. The lowest BCUT2D eigenvalue weighted by atomic mass is 10.1. The van der Waals surface area contributed by atoms with Crippen LogP contribution in [0.25, 0.3) is 0 Å². The van der Waals surface area contributed by atoms with Gasteiger partial charge in [0.25, 0.3) is 0 Å². The topological polar surface area (TPSA) is 143 Å². The first-order chi connectivity index (χ1) is 16.6. The molecule has 1 aromatic rings. The molecule has 1 aromatic carbocycles. The molecule has 1 unspecified atom stereocenters. The molecule has 1 atom stereocenters. The summed E-state index contributed by atoms with van der Waals surface area (Å²) in [4.78, 5) is 46.8. The fourth-order valence-electron chi connectivity index (χ4n) is 3.05. The van der Waals surface area contributed by atoms with Gasteiger partial charge in [0.05, 0.1) is 0 Å². The Balaban J connectivity index is 2.11. The molecule has 0 spiro atoms. The number of hydrogen-bond donors (Lipinski definition) is 4. The number of nitrogens with one attached hydrogen (secondary N) is 3. The third kappa shape index (κ3) is 16.0. The summed E-state index contributed by atoms with van der Waals surface area (Å²) in [6, 6.07) is 8.35. The summed E-state index contributed by atoms with van der Waals surface area (Å²) in [5.41, 5.74) is 0.341. The monoisotopic (exact) mass is 493 g/mol. The highest BCUT2D eigenvalue weighted by molar-refractivity contribution is 5.83. The Kier molecular flexibility index (Phi) is 13.9. The molecule has 1 rings (SSSR count). The number of aliphatic carboxylic acids is 1. The van der Waals surface area contributed by atoms with E-state index in [1.165, 1.54) is 0 Å². The summed E-state index contributed by atoms with van der Waals surface area (Å²) in [7, 11) is 0. The minimum Gasteiger partial charge on any atom is -0.480 e. The Bertz CT molecular complexity index is 794. The lowest BCUT2D eigenvalue weighted by Gasteiger charge is -2.19. The molecular formula is C25H39N3O7. The van der Waals surface area contributed by atoms with Crippen LogP contribution in [0.3, 0.4) is 0 Å². The van der Waals surface area contributed by atoms with Crippen molar-refractivity contribution in [1.82, 2.24) is 16.0 Å². The number of benzene rings is 1. The molecule has 0 radical (unpaired) electrons. The molecular weight excluding hydrogens is 454 g/mol. The van der Waals surface area contributed by atoms with Crippen molar-refractivity contribution in [3.05, 3.63) is 35.9 Å². The van der Waals surface area contributed by atoms with Crippen LogP contribution in [0.1, 0.15) is 71.3 Å². The van der Waals surface area contributed by atoms with Crippen LogP contribution in [0.5, 0.6) is 0 Å². The van der Waals surface area contributed by atoms with E-state index in [0.717, 1.165) is 5.56 Å². The van der Waals surface area contributed by atoms with E-state index < -0.39 is 29.8 Å². The molecule has 0 fully saturated rings. The fourth-order valence-corrected chi connectivity index (χ4v) is 3.05. The molecule has 196 valence electrons. The van der Waals surface area contributed by atoms with Gasteiger partial charge in [-0.1, -0.05) is 36.8 Å². The summed E-state index contributed by atoms with van der Waals surface area (Å²) in [6.45, 7) is 6.34. The third-order valence-electron chi connectivity index (χ3n) is 4.78. The van der Waals surface area contributed by atoms with Crippen molar-refractivity contribution in [2.45, 2.75) is 84.0 Å². The number of alkyl carbamates (subject to hydrolysis) is 2. The average molecular weight is 494 g/mol. The largest absolute Gasteiger partial charge is 0.480 e. The third-order valence-corrected chi connectivity index (χ3v) is 4.78. The molecule has 0 aliphatic heterocycles. The predicted molar refractivity (Wildman–Crippen MR) is 131 cm³/mol. The van der Waals surface area contributed by atoms with Gasteiger partial charge in [0.15, 0.2) is 0 Å². The van der Waals surface area contributed by atoms with Crippen molar-refractivity contribution in [3.8, 4) is 0 Å². The van der Waals surface area contributed by atoms with E-state index >= 15 is 0 Å². The molecule has 4 N–H and O–H groups in total. The number of carboxylic acid groups (broad SMARTS) is 1. The number of ether oxygens (including phenoxy) is 2. The van der Waals surface area contributed by atoms with Crippen LogP contribution in [-0.4, -0.2) is 53.9 Å². The van der Waals surface area contributed by atoms with Crippen LogP contribution < -0.4 is 16.0 Å². The Labute approximate surface area is 207 Å². The van der Waals surface area contributed by atoms with Gasteiger partial charge in [-0.2, -0.15) is 0 Å². The minimum atomic E-state index is -1.09. The van der Waals surface area contributed by atoms with Gasteiger partial charge in [-0.15, -0.1) is 0 Å². The Hall–Kier alpha value is -3.30. The van der Waals surface area contributed by atoms with E-state index in [1.807, 2.05) is 30.3 Å². The van der Waals surface area contributed by atoms with Crippen LogP contribution >= 0.6 is 0 Å². The zero-order chi connectivity index (χ0) is 26.1. The second-order valence-electron chi connectivity index (χ2n) is 9.18. The zero-order valence-electron chi connectivity index (χ0n) is 20.9. The van der Waals surface area contributed by atoms with Gasteiger partial charge in [0.2, 0.25) is 5.91 Å². The van der Waals surface area contributed by atoms with Crippen molar-refractivity contribution >= 4 is 24.1 Å². The van der Waals surface area contributed by atoms with Crippen LogP contribution in [0.2, 0.25) is 0 Å². The molecule has 10 heteroatoms. The summed E-state index contributed by atoms with van der Waals surface area (Å²) in [6.07, 6.45) is 2.55. The van der Waals surface area contributed by atoms with Crippen molar-refractivity contribution < 1.29 is 33.8 Å². The van der Waals surface area contributed by atoms with Gasteiger partial charge < -0.3 is 30.5 Å². The molecule has 35 heavy (non-hydrogen) atoms. The molecule has 0 aromatic heterocycles. The van der Waals surface area contributed by atoms with Gasteiger partial charge in [0, 0.05) is 19.5 Å². The number of hydrogen-bond acceptors (Lipinski definition) is 6. The van der Waals surface area contributed by atoms with E-state index in [1.54, 1.807) is 20.8 Å². The normalized spacial score (nSPS) is 11.7. The molecule has 0 saturated heterocycles. The standard InChI is InChI=1S/C25H39N3O7/c1-25(2,3)35-24(33)27-16-10-5-8-15-21(29)28-20(22(30)31)14-9-11-17-26-23(32)34-18-19-12-6-4-7-13-19/h4,6-7,12-13,20H,5,8-11,14-18H2,1-3H3,(H,26,32)(H,27,33)(H,28,29)(H,30,31). The maximum atomic E-state index is 12.1. The van der Waals surface area contributed by atoms with E-state index in [2.05, 4.69) is 16.0 Å². The van der Waals surface area contributed by atoms with Gasteiger partial charge in [-0.05, 0) is 58.4 Å². The van der Waals surface area contributed by atoms with E-state index in [0.29, 0.717) is 45.2 Å². The van der Waals surface area contributed by atoms with Crippen LogP contribution in [0, 0.1) is 0 Å². The number of carbonyl (C=O) groups is 4.